The zero-order valence-corrected chi connectivity index (χ0v) is 14.1. The molecule has 1 aliphatic rings. The maximum atomic E-state index is 11.8. The van der Waals surface area contributed by atoms with Crippen LogP contribution in [0.3, 0.4) is 0 Å². The standard InChI is InChI=1S/C16H24N4O4/c1-19-7-9-20(10-8-19)18-15(21)11-17-16(22)12-24-14-5-3-13(23-2)4-6-14/h3-6H,7-12H2,1-2H3,(H,17,22)(H,18,21). The fraction of sp³-hybridized carbons (Fsp3) is 0.500. The topological polar surface area (TPSA) is 83.1 Å². The summed E-state index contributed by atoms with van der Waals surface area (Å²) < 4.78 is 10.4. The second-order valence-electron chi connectivity index (χ2n) is 5.57. The number of piperazine rings is 1. The minimum atomic E-state index is -0.348. The van der Waals surface area contributed by atoms with Crippen molar-refractivity contribution < 1.29 is 19.1 Å². The summed E-state index contributed by atoms with van der Waals surface area (Å²) in [5.74, 6) is 0.692. The number of ether oxygens (including phenoxy) is 2. The maximum Gasteiger partial charge on any atom is 0.258 e. The first-order valence-corrected chi connectivity index (χ1v) is 7.83. The molecule has 0 saturated carbocycles. The van der Waals surface area contributed by atoms with Gasteiger partial charge in [-0.1, -0.05) is 0 Å². The summed E-state index contributed by atoms with van der Waals surface area (Å²) in [6.07, 6.45) is 0. The van der Waals surface area contributed by atoms with Gasteiger partial charge in [0.25, 0.3) is 11.8 Å². The first-order valence-electron chi connectivity index (χ1n) is 7.83. The summed E-state index contributed by atoms with van der Waals surface area (Å²) in [6, 6.07) is 6.92. The Morgan fingerprint density at radius 2 is 1.67 bits per heavy atom. The van der Waals surface area contributed by atoms with Gasteiger partial charge < -0.3 is 19.7 Å². The zero-order valence-electron chi connectivity index (χ0n) is 14.1. The Hall–Kier alpha value is -2.32. The molecule has 0 aliphatic carbocycles. The number of methoxy groups -OCH3 is 1. The van der Waals surface area contributed by atoms with Gasteiger partial charge in [-0.3, -0.25) is 15.0 Å². The molecule has 1 aromatic carbocycles. The van der Waals surface area contributed by atoms with Gasteiger partial charge in [0.1, 0.15) is 11.5 Å². The molecule has 1 aromatic rings. The summed E-state index contributed by atoms with van der Waals surface area (Å²) in [4.78, 5) is 25.7. The van der Waals surface area contributed by atoms with Crippen LogP contribution in [0.25, 0.3) is 0 Å². The Labute approximate surface area is 141 Å². The number of amides is 2. The van der Waals surface area contributed by atoms with Crippen LogP contribution < -0.4 is 20.2 Å². The molecule has 0 aromatic heterocycles. The van der Waals surface area contributed by atoms with E-state index in [2.05, 4.69) is 15.6 Å². The molecular weight excluding hydrogens is 312 g/mol. The minimum Gasteiger partial charge on any atom is -0.497 e. The van der Waals surface area contributed by atoms with Gasteiger partial charge in [0.15, 0.2) is 6.61 Å². The molecular formula is C16H24N4O4. The second-order valence-corrected chi connectivity index (χ2v) is 5.57. The monoisotopic (exact) mass is 336 g/mol. The molecule has 0 radical (unpaired) electrons. The molecule has 1 heterocycles. The zero-order chi connectivity index (χ0) is 17.4. The van der Waals surface area contributed by atoms with E-state index in [0.29, 0.717) is 11.5 Å². The first-order chi connectivity index (χ1) is 11.6. The van der Waals surface area contributed by atoms with Crippen LogP contribution in [0.15, 0.2) is 24.3 Å². The van der Waals surface area contributed by atoms with E-state index in [1.54, 1.807) is 31.4 Å². The highest BCUT2D eigenvalue weighted by Crippen LogP contribution is 2.16. The highest BCUT2D eigenvalue weighted by Gasteiger charge is 2.16. The molecule has 8 heteroatoms. The van der Waals surface area contributed by atoms with Gasteiger partial charge in [-0.05, 0) is 31.3 Å². The van der Waals surface area contributed by atoms with Gasteiger partial charge in [0.05, 0.1) is 13.7 Å². The van der Waals surface area contributed by atoms with E-state index in [1.807, 2.05) is 12.1 Å². The van der Waals surface area contributed by atoms with Crippen LogP contribution >= 0.6 is 0 Å². The van der Waals surface area contributed by atoms with Crippen molar-refractivity contribution in [2.24, 2.45) is 0 Å². The molecule has 0 atom stereocenters. The van der Waals surface area contributed by atoms with Crippen molar-refractivity contribution in [1.82, 2.24) is 20.7 Å². The van der Waals surface area contributed by atoms with Gasteiger partial charge in [-0.25, -0.2) is 5.01 Å². The molecule has 0 bridgehead atoms. The molecule has 24 heavy (non-hydrogen) atoms. The molecule has 1 aliphatic heterocycles. The summed E-state index contributed by atoms with van der Waals surface area (Å²) in [5.41, 5.74) is 2.78. The number of hydrazine groups is 1. The predicted octanol–water partition coefficient (Wildman–Crippen LogP) is -0.531. The smallest absolute Gasteiger partial charge is 0.258 e. The van der Waals surface area contributed by atoms with E-state index in [1.165, 1.54) is 0 Å². The van der Waals surface area contributed by atoms with E-state index in [-0.39, 0.29) is 25.0 Å². The van der Waals surface area contributed by atoms with Crippen LogP contribution in [0.4, 0.5) is 0 Å². The average molecular weight is 336 g/mol. The molecule has 2 amide bonds. The maximum absolute atomic E-state index is 11.8. The number of hydrogen-bond donors (Lipinski definition) is 2. The molecule has 1 saturated heterocycles. The van der Waals surface area contributed by atoms with Gasteiger partial charge in [0, 0.05) is 26.2 Å². The van der Waals surface area contributed by atoms with Gasteiger partial charge >= 0.3 is 0 Å². The highest BCUT2D eigenvalue weighted by molar-refractivity contribution is 5.85. The summed E-state index contributed by atoms with van der Waals surface area (Å²) in [5, 5.41) is 4.40. The highest BCUT2D eigenvalue weighted by atomic mass is 16.5. The fourth-order valence-electron chi connectivity index (χ4n) is 2.18. The average Bonchev–Trinajstić information content (AvgIpc) is 2.60. The van der Waals surface area contributed by atoms with Crippen molar-refractivity contribution in [2.75, 3.05) is 53.5 Å². The van der Waals surface area contributed by atoms with Crippen molar-refractivity contribution >= 4 is 11.8 Å². The molecule has 132 valence electrons. The molecule has 2 N–H and O–H groups in total. The summed E-state index contributed by atoms with van der Waals surface area (Å²) in [6.45, 7) is 3.14. The Bertz CT molecular complexity index is 542. The van der Waals surface area contributed by atoms with Crippen LogP contribution in [0, 0.1) is 0 Å². The first kappa shape index (κ1) is 18.0. The predicted molar refractivity (Wildman–Crippen MR) is 88.7 cm³/mol. The second kappa shape index (κ2) is 9.09. The Morgan fingerprint density at radius 3 is 2.29 bits per heavy atom. The van der Waals surface area contributed by atoms with Crippen LogP contribution in [0.1, 0.15) is 0 Å². The Balaban J connectivity index is 1.62. The van der Waals surface area contributed by atoms with Crippen LogP contribution in [-0.4, -0.2) is 75.2 Å². The fourth-order valence-corrected chi connectivity index (χ4v) is 2.18. The third-order valence-electron chi connectivity index (χ3n) is 3.66. The lowest BCUT2D eigenvalue weighted by Gasteiger charge is -2.32. The van der Waals surface area contributed by atoms with Crippen molar-refractivity contribution in [3.05, 3.63) is 24.3 Å². The van der Waals surface area contributed by atoms with E-state index in [0.717, 1.165) is 26.2 Å². The molecule has 0 unspecified atom stereocenters. The number of carbonyl (C=O) groups is 2. The van der Waals surface area contributed by atoms with E-state index in [4.69, 9.17) is 9.47 Å². The van der Waals surface area contributed by atoms with Crippen LogP contribution in [0.2, 0.25) is 0 Å². The molecule has 2 rings (SSSR count). The lowest BCUT2D eigenvalue weighted by atomic mass is 10.3. The van der Waals surface area contributed by atoms with Crippen molar-refractivity contribution in [3.8, 4) is 11.5 Å². The Kier molecular flexibility index (Phi) is 6.83. The van der Waals surface area contributed by atoms with E-state index >= 15 is 0 Å². The normalized spacial score (nSPS) is 15.6. The van der Waals surface area contributed by atoms with Gasteiger partial charge in [-0.2, -0.15) is 0 Å². The van der Waals surface area contributed by atoms with Crippen molar-refractivity contribution in [1.29, 1.82) is 0 Å². The number of nitrogens with zero attached hydrogens (tertiary/aromatic N) is 2. The number of hydrogen-bond acceptors (Lipinski definition) is 6. The van der Waals surface area contributed by atoms with Gasteiger partial charge in [0.2, 0.25) is 0 Å². The number of likely N-dealkylation sites (N-methyl/N-ethyl adjacent to an activating group) is 1. The molecule has 0 spiro atoms. The van der Waals surface area contributed by atoms with Crippen molar-refractivity contribution in [3.63, 3.8) is 0 Å². The van der Waals surface area contributed by atoms with Crippen molar-refractivity contribution in [2.45, 2.75) is 0 Å². The number of rotatable bonds is 7. The number of nitrogens with one attached hydrogen (secondary N) is 2. The Morgan fingerprint density at radius 1 is 1.04 bits per heavy atom. The molecule has 8 nitrogen and oxygen atoms in total. The molecule has 1 fully saturated rings. The quantitative estimate of drug-likeness (QED) is 0.696. The van der Waals surface area contributed by atoms with Crippen LogP contribution in [0.5, 0.6) is 11.5 Å². The SMILES string of the molecule is COc1ccc(OCC(=O)NCC(=O)NN2CCN(C)CC2)cc1. The van der Waals surface area contributed by atoms with Gasteiger partial charge in [-0.15, -0.1) is 0 Å². The third-order valence-corrected chi connectivity index (χ3v) is 3.66. The minimum absolute atomic E-state index is 0.0723. The van der Waals surface area contributed by atoms with Crippen LogP contribution in [-0.2, 0) is 9.59 Å². The summed E-state index contributed by atoms with van der Waals surface area (Å²) in [7, 11) is 3.62. The number of carbonyl (C=O) groups excluding carboxylic acids is 2. The largest absolute Gasteiger partial charge is 0.497 e. The number of benzene rings is 1. The summed E-state index contributed by atoms with van der Waals surface area (Å²) >= 11 is 0. The van der Waals surface area contributed by atoms with E-state index in [9.17, 15) is 9.59 Å². The lowest BCUT2D eigenvalue weighted by molar-refractivity contribution is -0.130. The lowest BCUT2D eigenvalue weighted by Crippen LogP contribution is -2.54. The third kappa shape index (κ3) is 6.05. The van der Waals surface area contributed by atoms with E-state index < -0.39 is 0 Å².